The molecule has 0 aliphatic carbocycles. The summed E-state index contributed by atoms with van der Waals surface area (Å²) in [6, 6.07) is 11.6. The number of carbonyl (C=O) groups excluding carboxylic acids is 1. The highest BCUT2D eigenvalue weighted by Gasteiger charge is 2.27. The summed E-state index contributed by atoms with van der Waals surface area (Å²) in [5.74, 6) is 0.291. The van der Waals surface area contributed by atoms with Crippen molar-refractivity contribution in [1.82, 2.24) is 9.88 Å². The molecule has 1 amide bonds. The lowest BCUT2D eigenvalue weighted by atomic mass is 9.89. The van der Waals surface area contributed by atoms with Gasteiger partial charge in [0, 0.05) is 24.8 Å². The van der Waals surface area contributed by atoms with Crippen LogP contribution in [0.15, 0.2) is 42.6 Å². The highest BCUT2D eigenvalue weighted by atomic mass is 16.3. The topological polar surface area (TPSA) is 65.5 Å². The van der Waals surface area contributed by atoms with Gasteiger partial charge >= 0.3 is 0 Å². The Morgan fingerprint density at radius 2 is 2.00 bits per heavy atom. The van der Waals surface area contributed by atoms with Crippen molar-refractivity contribution in [2.75, 3.05) is 25.0 Å². The molecule has 2 N–H and O–H groups in total. The van der Waals surface area contributed by atoms with E-state index in [1.807, 2.05) is 37.3 Å². The molecule has 1 aliphatic heterocycles. The fourth-order valence-electron chi connectivity index (χ4n) is 3.64. The van der Waals surface area contributed by atoms with Crippen molar-refractivity contribution in [2.24, 2.45) is 5.92 Å². The molecule has 5 heteroatoms. The minimum atomic E-state index is -0.499. The molecule has 3 rings (SSSR count). The van der Waals surface area contributed by atoms with E-state index in [1.165, 1.54) is 5.56 Å². The van der Waals surface area contributed by atoms with E-state index in [0.29, 0.717) is 6.42 Å². The predicted octanol–water partition coefficient (Wildman–Crippen LogP) is 3.47. The number of carbonyl (C=O) groups is 1. The van der Waals surface area contributed by atoms with E-state index < -0.39 is 6.10 Å². The molecule has 27 heavy (non-hydrogen) atoms. The van der Waals surface area contributed by atoms with Crippen LogP contribution in [0.5, 0.6) is 0 Å². The number of aliphatic hydroxyl groups excluding tert-OH is 1. The average molecular weight is 367 g/mol. The molecule has 1 atom stereocenters. The van der Waals surface area contributed by atoms with Crippen molar-refractivity contribution >= 4 is 11.6 Å². The van der Waals surface area contributed by atoms with E-state index in [-0.39, 0.29) is 11.8 Å². The lowest BCUT2D eigenvalue weighted by Gasteiger charge is -2.33. The SMILES string of the molecule is Cc1cccc(NC(=O)CCN2CCC([C@H](O)c3ccccn3)CC2)c1C. The third kappa shape index (κ3) is 5.15. The van der Waals surface area contributed by atoms with Gasteiger partial charge in [0.1, 0.15) is 0 Å². The summed E-state index contributed by atoms with van der Waals surface area (Å²) >= 11 is 0. The number of anilines is 1. The first-order valence-corrected chi connectivity index (χ1v) is 9.72. The Morgan fingerprint density at radius 1 is 1.22 bits per heavy atom. The van der Waals surface area contributed by atoms with Gasteiger partial charge < -0.3 is 15.3 Å². The zero-order chi connectivity index (χ0) is 19.2. The maximum absolute atomic E-state index is 12.3. The van der Waals surface area contributed by atoms with Gasteiger partial charge in [-0.1, -0.05) is 18.2 Å². The van der Waals surface area contributed by atoms with Crippen LogP contribution in [0.2, 0.25) is 0 Å². The van der Waals surface area contributed by atoms with Crippen LogP contribution < -0.4 is 5.32 Å². The van der Waals surface area contributed by atoms with Gasteiger partial charge in [-0.05, 0) is 75.0 Å². The second kappa shape index (κ2) is 9.11. The maximum atomic E-state index is 12.3. The summed E-state index contributed by atoms with van der Waals surface area (Å²) in [5, 5.41) is 13.5. The predicted molar refractivity (Wildman–Crippen MR) is 108 cm³/mol. The summed E-state index contributed by atoms with van der Waals surface area (Å²) in [5.41, 5.74) is 3.96. The van der Waals surface area contributed by atoms with Crippen LogP contribution in [0.1, 0.15) is 42.2 Å². The molecule has 144 valence electrons. The number of rotatable bonds is 6. The van der Waals surface area contributed by atoms with Crippen LogP contribution in [0.25, 0.3) is 0 Å². The average Bonchev–Trinajstić information content (AvgIpc) is 2.70. The third-order valence-corrected chi connectivity index (χ3v) is 5.60. The molecular formula is C22H29N3O2. The fourth-order valence-corrected chi connectivity index (χ4v) is 3.64. The molecule has 0 unspecified atom stereocenters. The summed E-state index contributed by atoms with van der Waals surface area (Å²) in [6.07, 6.45) is 3.57. The highest BCUT2D eigenvalue weighted by molar-refractivity contribution is 5.91. The number of aryl methyl sites for hydroxylation is 1. The quantitative estimate of drug-likeness (QED) is 0.820. The van der Waals surface area contributed by atoms with E-state index in [4.69, 9.17) is 0 Å². The van der Waals surface area contributed by atoms with E-state index in [1.54, 1.807) is 6.20 Å². The van der Waals surface area contributed by atoms with Crippen molar-refractivity contribution in [3.8, 4) is 0 Å². The molecule has 1 aliphatic rings. The van der Waals surface area contributed by atoms with Gasteiger partial charge in [0.15, 0.2) is 0 Å². The fraction of sp³-hybridized carbons (Fsp3) is 0.455. The van der Waals surface area contributed by atoms with Gasteiger partial charge in [0.2, 0.25) is 5.91 Å². The Bertz CT molecular complexity index is 755. The first-order chi connectivity index (χ1) is 13.0. The van der Waals surface area contributed by atoms with Crippen LogP contribution in [-0.4, -0.2) is 40.5 Å². The number of nitrogens with one attached hydrogen (secondary N) is 1. The number of aromatic nitrogens is 1. The first-order valence-electron chi connectivity index (χ1n) is 9.72. The molecule has 1 fully saturated rings. The van der Waals surface area contributed by atoms with Gasteiger partial charge in [-0.3, -0.25) is 9.78 Å². The number of piperidine rings is 1. The number of pyridine rings is 1. The standard InChI is InChI=1S/C22H29N3O2/c1-16-6-5-8-19(17(16)2)24-21(26)11-15-25-13-9-18(10-14-25)22(27)20-7-3-4-12-23-20/h3-8,12,18,22,27H,9-11,13-15H2,1-2H3,(H,24,26)/t22-/m0/s1. The van der Waals surface area contributed by atoms with Crippen LogP contribution in [0.4, 0.5) is 5.69 Å². The second-order valence-corrected chi connectivity index (χ2v) is 7.42. The lowest BCUT2D eigenvalue weighted by Crippen LogP contribution is -2.37. The van der Waals surface area contributed by atoms with E-state index in [0.717, 1.165) is 49.4 Å². The summed E-state index contributed by atoms with van der Waals surface area (Å²) in [4.78, 5) is 18.9. The molecule has 0 spiro atoms. The lowest BCUT2D eigenvalue weighted by molar-refractivity contribution is -0.116. The Hall–Kier alpha value is -2.24. The number of hydrogen-bond donors (Lipinski definition) is 2. The van der Waals surface area contributed by atoms with E-state index in [9.17, 15) is 9.90 Å². The molecule has 0 radical (unpaired) electrons. The van der Waals surface area contributed by atoms with Crippen LogP contribution in [-0.2, 0) is 4.79 Å². The molecular weight excluding hydrogens is 338 g/mol. The largest absolute Gasteiger partial charge is 0.387 e. The van der Waals surface area contributed by atoms with Crippen molar-refractivity contribution in [2.45, 2.75) is 39.2 Å². The van der Waals surface area contributed by atoms with E-state index >= 15 is 0 Å². The molecule has 0 bridgehead atoms. The number of aliphatic hydroxyl groups is 1. The van der Waals surface area contributed by atoms with E-state index in [2.05, 4.69) is 28.2 Å². The molecule has 2 heterocycles. The normalized spacial score (nSPS) is 16.9. The number of hydrogen-bond acceptors (Lipinski definition) is 4. The highest BCUT2D eigenvalue weighted by Crippen LogP contribution is 2.29. The molecule has 1 aromatic heterocycles. The minimum Gasteiger partial charge on any atom is -0.387 e. The zero-order valence-electron chi connectivity index (χ0n) is 16.2. The van der Waals surface area contributed by atoms with Crippen molar-refractivity contribution in [3.63, 3.8) is 0 Å². The molecule has 5 nitrogen and oxygen atoms in total. The maximum Gasteiger partial charge on any atom is 0.225 e. The number of nitrogens with zero attached hydrogens (tertiary/aromatic N) is 2. The Kier molecular flexibility index (Phi) is 6.58. The zero-order valence-corrected chi connectivity index (χ0v) is 16.2. The van der Waals surface area contributed by atoms with Gasteiger partial charge in [0.25, 0.3) is 0 Å². The monoisotopic (exact) mass is 367 g/mol. The van der Waals surface area contributed by atoms with Gasteiger partial charge in [0.05, 0.1) is 11.8 Å². The summed E-state index contributed by atoms with van der Waals surface area (Å²) in [6.45, 7) is 6.65. The summed E-state index contributed by atoms with van der Waals surface area (Å²) in [7, 11) is 0. The van der Waals surface area contributed by atoms with Gasteiger partial charge in [-0.15, -0.1) is 0 Å². The van der Waals surface area contributed by atoms with Crippen LogP contribution >= 0.6 is 0 Å². The van der Waals surface area contributed by atoms with Gasteiger partial charge in [-0.25, -0.2) is 0 Å². The molecule has 1 aromatic carbocycles. The Labute approximate surface area is 161 Å². The third-order valence-electron chi connectivity index (χ3n) is 5.60. The Balaban J connectivity index is 1.43. The van der Waals surface area contributed by atoms with Crippen molar-refractivity contribution < 1.29 is 9.90 Å². The molecule has 2 aromatic rings. The van der Waals surface area contributed by atoms with Crippen molar-refractivity contribution in [1.29, 1.82) is 0 Å². The Morgan fingerprint density at radius 3 is 2.70 bits per heavy atom. The van der Waals surface area contributed by atoms with Gasteiger partial charge in [-0.2, -0.15) is 0 Å². The minimum absolute atomic E-state index is 0.0549. The van der Waals surface area contributed by atoms with Crippen LogP contribution in [0, 0.1) is 19.8 Å². The molecule has 1 saturated heterocycles. The first kappa shape index (κ1) is 19.5. The van der Waals surface area contributed by atoms with Crippen LogP contribution in [0.3, 0.4) is 0 Å². The summed E-state index contributed by atoms with van der Waals surface area (Å²) < 4.78 is 0. The number of benzene rings is 1. The van der Waals surface area contributed by atoms with Crippen molar-refractivity contribution in [3.05, 3.63) is 59.4 Å². The smallest absolute Gasteiger partial charge is 0.225 e. The number of likely N-dealkylation sites (tertiary alicyclic amines) is 1. The second-order valence-electron chi connectivity index (χ2n) is 7.42. The molecule has 0 saturated carbocycles. The number of amides is 1.